The molecular formula is C22H26BrN3O2. The zero-order valence-corrected chi connectivity index (χ0v) is 17.6. The van der Waals surface area contributed by atoms with E-state index in [2.05, 4.69) is 44.5 Å². The van der Waals surface area contributed by atoms with Crippen LogP contribution in [0.5, 0.6) is 0 Å². The second-order valence-corrected chi connectivity index (χ2v) is 8.76. The number of hydrogen-bond acceptors (Lipinski definition) is 4. The summed E-state index contributed by atoms with van der Waals surface area (Å²) >= 11 is 3.52. The second-order valence-electron chi connectivity index (χ2n) is 7.84. The first-order chi connectivity index (χ1) is 13.6. The van der Waals surface area contributed by atoms with Gasteiger partial charge in [-0.25, -0.2) is 4.79 Å². The van der Waals surface area contributed by atoms with Crippen LogP contribution in [0.15, 0.2) is 47.1 Å². The van der Waals surface area contributed by atoms with E-state index in [1.54, 1.807) is 6.20 Å². The highest BCUT2D eigenvalue weighted by molar-refractivity contribution is 9.10. The third-order valence-electron chi connectivity index (χ3n) is 5.99. The number of aromatic nitrogens is 1. The lowest BCUT2D eigenvalue weighted by molar-refractivity contribution is 0.128. The lowest BCUT2D eigenvalue weighted by Gasteiger charge is -2.41. The van der Waals surface area contributed by atoms with E-state index in [9.17, 15) is 4.79 Å². The predicted octanol–water partition coefficient (Wildman–Crippen LogP) is 5.43. The van der Waals surface area contributed by atoms with Crippen LogP contribution in [0.25, 0.3) is 0 Å². The summed E-state index contributed by atoms with van der Waals surface area (Å²) < 4.78 is 6.41. The van der Waals surface area contributed by atoms with E-state index in [1.165, 1.54) is 25.7 Å². The maximum absolute atomic E-state index is 12.5. The van der Waals surface area contributed by atoms with Gasteiger partial charge in [0.15, 0.2) is 0 Å². The molecule has 3 atom stereocenters. The van der Waals surface area contributed by atoms with Crippen molar-refractivity contribution in [3.8, 4) is 0 Å². The number of halogens is 1. The molecule has 1 fully saturated rings. The Morgan fingerprint density at radius 3 is 2.79 bits per heavy atom. The number of amides is 1. The fourth-order valence-corrected chi connectivity index (χ4v) is 4.87. The molecule has 4 rings (SSSR count). The summed E-state index contributed by atoms with van der Waals surface area (Å²) in [5.74, 6) is 0.861. The number of alkyl carbamates (subject to hydrolysis) is 1. The van der Waals surface area contributed by atoms with E-state index in [-0.39, 0.29) is 18.6 Å². The van der Waals surface area contributed by atoms with Crippen LogP contribution in [0.4, 0.5) is 10.5 Å². The van der Waals surface area contributed by atoms with Crippen molar-refractivity contribution in [1.82, 2.24) is 10.3 Å². The zero-order valence-electron chi connectivity index (χ0n) is 16.0. The highest BCUT2D eigenvalue weighted by Gasteiger charge is 2.40. The van der Waals surface area contributed by atoms with E-state index < -0.39 is 6.09 Å². The first-order valence-corrected chi connectivity index (χ1v) is 10.8. The summed E-state index contributed by atoms with van der Waals surface area (Å²) in [4.78, 5) is 17.1. The van der Waals surface area contributed by atoms with Crippen LogP contribution < -0.4 is 10.6 Å². The number of pyridine rings is 1. The van der Waals surface area contributed by atoms with Gasteiger partial charge in [0, 0.05) is 22.6 Å². The minimum atomic E-state index is -0.400. The van der Waals surface area contributed by atoms with Crippen molar-refractivity contribution in [3.63, 3.8) is 0 Å². The van der Waals surface area contributed by atoms with E-state index in [1.807, 2.05) is 30.3 Å². The molecule has 2 aromatic rings. The lowest BCUT2D eigenvalue weighted by Crippen LogP contribution is -2.47. The molecule has 28 heavy (non-hydrogen) atoms. The topological polar surface area (TPSA) is 63.2 Å². The van der Waals surface area contributed by atoms with Crippen LogP contribution in [0.3, 0.4) is 0 Å². The van der Waals surface area contributed by atoms with Gasteiger partial charge in [0.2, 0.25) is 0 Å². The van der Waals surface area contributed by atoms with E-state index >= 15 is 0 Å². The van der Waals surface area contributed by atoms with Gasteiger partial charge in [0.05, 0.1) is 17.4 Å². The fraction of sp³-hybridized carbons (Fsp3) is 0.455. The van der Waals surface area contributed by atoms with Crippen molar-refractivity contribution < 1.29 is 9.53 Å². The van der Waals surface area contributed by atoms with Crippen LogP contribution in [-0.2, 0) is 11.3 Å². The standard InChI is InChI=1S/C22H26BrN3O2/c1-14-19(16-9-5-6-10-16)25-18-11-17(23)12-24-21(18)20(14)26-22(27)28-13-15-7-3-2-4-8-15/h2-4,7-8,11-12,14,16,19-20,25H,5-6,9-10,13H2,1H3,(H,26,27)/t14-,19+,20?/m0/s1. The highest BCUT2D eigenvalue weighted by atomic mass is 79.9. The average molecular weight is 444 g/mol. The first-order valence-electron chi connectivity index (χ1n) is 10.0. The number of carbonyl (C=O) groups excluding carboxylic acids is 1. The molecule has 6 heteroatoms. The molecule has 1 aliphatic heterocycles. The number of nitrogens with one attached hydrogen (secondary N) is 2. The van der Waals surface area contributed by atoms with E-state index in [4.69, 9.17) is 4.74 Å². The third-order valence-corrected chi connectivity index (χ3v) is 6.42. The fourth-order valence-electron chi connectivity index (χ4n) is 4.54. The number of nitrogens with zero attached hydrogens (tertiary/aromatic N) is 1. The highest BCUT2D eigenvalue weighted by Crippen LogP contribution is 2.42. The summed E-state index contributed by atoms with van der Waals surface area (Å²) in [5.41, 5.74) is 2.85. The molecule has 2 N–H and O–H groups in total. The van der Waals surface area contributed by atoms with Crippen molar-refractivity contribution in [1.29, 1.82) is 0 Å². The third kappa shape index (κ3) is 4.17. The Labute approximate surface area is 174 Å². The molecule has 0 bridgehead atoms. The molecule has 2 aliphatic rings. The monoisotopic (exact) mass is 443 g/mol. The van der Waals surface area contributed by atoms with Gasteiger partial charge < -0.3 is 15.4 Å². The Morgan fingerprint density at radius 1 is 1.29 bits per heavy atom. The zero-order chi connectivity index (χ0) is 19.5. The minimum absolute atomic E-state index is 0.168. The first kappa shape index (κ1) is 19.2. The predicted molar refractivity (Wildman–Crippen MR) is 113 cm³/mol. The Hall–Kier alpha value is -2.08. The molecule has 1 saturated carbocycles. The number of benzene rings is 1. The maximum Gasteiger partial charge on any atom is 0.408 e. The van der Waals surface area contributed by atoms with Gasteiger partial charge in [-0.15, -0.1) is 0 Å². The summed E-state index contributed by atoms with van der Waals surface area (Å²) in [6.45, 7) is 2.46. The van der Waals surface area contributed by atoms with Gasteiger partial charge in [-0.2, -0.15) is 0 Å². The van der Waals surface area contributed by atoms with Gasteiger partial charge in [0.1, 0.15) is 6.61 Å². The van der Waals surface area contributed by atoms with Crippen LogP contribution in [0, 0.1) is 11.8 Å². The summed E-state index contributed by atoms with van der Waals surface area (Å²) in [6, 6.07) is 11.9. The molecule has 1 aliphatic carbocycles. The minimum Gasteiger partial charge on any atom is -0.445 e. The smallest absolute Gasteiger partial charge is 0.408 e. The SMILES string of the molecule is C[C@@H]1C(NC(=O)OCc2ccccc2)c2ncc(Br)cc2N[C@H]1C1CCCC1. The van der Waals surface area contributed by atoms with Crippen LogP contribution in [-0.4, -0.2) is 17.1 Å². The quantitative estimate of drug-likeness (QED) is 0.660. The molecule has 148 valence electrons. The molecule has 5 nitrogen and oxygen atoms in total. The molecule has 0 radical (unpaired) electrons. The number of rotatable bonds is 4. The van der Waals surface area contributed by atoms with Crippen molar-refractivity contribution in [3.05, 3.63) is 58.3 Å². The van der Waals surface area contributed by atoms with Gasteiger partial charge in [0.25, 0.3) is 0 Å². The summed E-state index contributed by atoms with van der Waals surface area (Å²) in [5, 5.41) is 6.79. The number of carbonyl (C=O) groups is 1. The molecule has 1 amide bonds. The molecule has 0 spiro atoms. The van der Waals surface area contributed by atoms with Gasteiger partial charge >= 0.3 is 6.09 Å². The van der Waals surface area contributed by atoms with Gasteiger partial charge in [-0.3, -0.25) is 4.98 Å². The molecule has 0 saturated heterocycles. The Bertz CT molecular complexity index is 824. The molecular weight excluding hydrogens is 418 g/mol. The van der Waals surface area contributed by atoms with E-state index in [0.717, 1.165) is 21.4 Å². The van der Waals surface area contributed by atoms with Crippen molar-refractivity contribution in [2.45, 2.75) is 51.3 Å². The van der Waals surface area contributed by atoms with E-state index in [0.29, 0.717) is 12.0 Å². The molecule has 1 aromatic heterocycles. The Kier molecular flexibility index (Phi) is 5.85. The number of ether oxygens (including phenoxy) is 1. The van der Waals surface area contributed by atoms with Crippen LogP contribution >= 0.6 is 15.9 Å². The Balaban J connectivity index is 1.51. The van der Waals surface area contributed by atoms with Gasteiger partial charge in [-0.1, -0.05) is 50.1 Å². The number of anilines is 1. The average Bonchev–Trinajstić information content (AvgIpc) is 3.23. The molecule has 2 heterocycles. The van der Waals surface area contributed by atoms with Gasteiger partial charge in [-0.05, 0) is 46.3 Å². The van der Waals surface area contributed by atoms with Crippen LogP contribution in [0.1, 0.15) is 49.9 Å². The van der Waals surface area contributed by atoms with Crippen LogP contribution in [0.2, 0.25) is 0 Å². The number of hydrogen-bond donors (Lipinski definition) is 2. The summed E-state index contributed by atoms with van der Waals surface area (Å²) in [7, 11) is 0. The largest absolute Gasteiger partial charge is 0.445 e. The molecule has 1 aromatic carbocycles. The van der Waals surface area contributed by atoms with Crippen molar-refractivity contribution in [2.75, 3.05) is 5.32 Å². The lowest BCUT2D eigenvalue weighted by atomic mass is 9.79. The second kappa shape index (κ2) is 8.52. The Morgan fingerprint density at radius 2 is 2.04 bits per heavy atom. The summed E-state index contributed by atoms with van der Waals surface area (Å²) in [6.07, 6.45) is 6.44. The molecule has 1 unspecified atom stereocenters. The van der Waals surface area contributed by atoms with Crippen molar-refractivity contribution in [2.24, 2.45) is 11.8 Å². The normalized spacial score (nSPS) is 24.3. The van der Waals surface area contributed by atoms with Crippen molar-refractivity contribution >= 4 is 27.7 Å². The maximum atomic E-state index is 12.5. The number of fused-ring (bicyclic) bond motifs is 1.